The van der Waals surface area contributed by atoms with E-state index in [1.54, 1.807) is 0 Å². The van der Waals surface area contributed by atoms with Crippen LogP contribution in [0.2, 0.25) is 0 Å². The molecule has 2 heteroatoms. The fraction of sp³-hybridized carbons (Fsp3) is 0.556. The predicted molar refractivity (Wildman–Crippen MR) is 82.6 cm³/mol. The van der Waals surface area contributed by atoms with E-state index in [0.29, 0.717) is 0 Å². The van der Waals surface area contributed by atoms with Gasteiger partial charge in [-0.1, -0.05) is 43.3 Å². The summed E-state index contributed by atoms with van der Waals surface area (Å²) < 4.78 is 12.1. The predicted octanol–water partition coefficient (Wildman–Crippen LogP) is 4.94. The van der Waals surface area contributed by atoms with E-state index in [1.165, 1.54) is 11.1 Å². The number of rotatable bonds is 5. The molecule has 1 aromatic rings. The molecule has 0 saturated carbocycles. The van der Waals surface area contributed by atoms with E-state index in [1.807, 2.05) is 0 Å². The van der Waals surface area contributed by atoms with Crippen molar-refractivity contribution in [2.75, 3.05) is 6.61 Å². The van der Waals surface area contributed by atoms with Gasteiger partial charge in [0.15, 0.2) is 0 Å². The van der Waals surface area contributed by atoms with Crippen LogP contribution in [-0.4, -0.2) is 12.2 Å². The van der Waals surface area contributed by atoms with E-state index in [9.17, 15) is 0 Å². The number of hydrogen-bond donors (Lipinski definition) is 0. The molecule has 1 aliphatic heterocycles. The van der Waals surface area contributed by atoms with Gasteiger partial charge >= 0.3 is 0 Å². The van der Waals surface area contributed by atoms with Gasteiger partial charge in [0.1, 0.15) is 5.60 Å². The first-order valence-electron chi connectivity index (χ1n) is 7.57. The topological polar surface area (TPSA) is 18.5 Å². The van der Waals surface area contributed by atoms with E-state index < -0.39 is 0 Å². The van der Waals surface area contributed by atoms with Crippen molar-refractivity contribution < 1.29 is 9.47 Å². The van der Waals surface area contributed by atoms with Crippen LogP contribution in [0.15, 0.2) is 36.6 Å². The van der Waals surface area contributed by atoms with E-state index in [-0.39, 0.29) is 11.7 Å². The van der Waals surface area contributed by atoms with Crippen LogP contribution in [0.1, 0.15) is 56.8 Å². The van der Waals surface area contributed by atoms with Crippen molar-refractivity contribution in [3.8, 4) is 0 Å². The fourth-order valence-electron chi connectivity index (χ4n) is 2.74. The van der Waals surface area contributed by atoms with Crippen molar-refractivity contribution >= 4 is 0 Å². The molecule has 0 spiro atoms. The molecule has 20 heavy (non-hydrogen) atoms. The average molecular weight is 274 g/mol. The van der Waals surface area contributed by atoms with Crippen LogP contribution in [0.4, 0.5) is 0 Å². The van der Waals surface area contributed by atoms with Crippen molar-refractivity contribution in [1.82, 2.24) is 0 Å². The number of benzene rings is 1. The SMILES string of the molecule is C=C(CCC)O[C@]1(C)CCO[C@H](c2ccc(C)cc2)C1. The van der Waals surface area contributed by atoms with Gasteiger partial charge in [-0.15, -0.1) is 0 Å². The third-order valence-corrected chi connectivity index (χ3v) is 3.94. The summed E-state index contributed by atoms with van der Waals surface area (Å²) in [6.45, 7) is 11.2. The Morgan fingerprint density at radius 3 is 2.75 bits per heavy atom. The minimum Gasteiger partial charge on any atom is -0.492 e. The molecule has 2 rings (SSSR count). The zero-order valence-electron chi connectivity index (χ0n) is 12.9. The minimum absolute atomic E-state index is 0.128. The maximum Gasteiger partial charge on any atom is 0.111 e. The Balaban J connectivity index is 2.03. The van der Waals surface area contributed by atoms with Gasteiger partial charge in [0.05, 0.1) is 18.5 Å². The van der Waals surface area contributed by atoms with Crippen LogP contribution in [0.3, 0.4) is 0 Å². The molecule has 2 nitrogen and oxygen atoms in total. The summed E-state index contributed by atoms with van der Waals surface area (Å²) in [7, 11) is 0. The molecule has 110 valence electrons. The summed E-state index contributed by atoms with van der Waals surface area (Å²) in [5.74, 6) is 0.902. The molecule has 1 saturated heterocycles. The summed E-state index contributed by atoms with van der Waals surface area (Å²) in [5.41, 5.74) is 2.37. The highest BCUT2D eigenvalue weighted by Gasteiger charge is 2.35. The Morgan fingerprint density at radius 1 is 1.40 bits per heavy atom. The van der Waals surface area contributed by atoms with Crippen molar-refractivity contribution in [3.05, 3.63) is 47.7 Å². The van der Waals surface area contributed by atoms with Gasteiger partial charge in [0.2, 0.25) is 0 Å². The van der Waals surface area contributed by atoms with Crippen LogP contribution in [0, 0.1) is 6.92 Å². The molecular formula is C18H26O2. The molecule has 0 aromatic heterocycles. The Bertz CT molecular complexity index is 449. The van der Waals surface area contributed by atoms with E-state index >= 15 is 0 Å². The molecule has 2 atom stereocenters. The Kier molecular flexibility index (Phi) is 4.87. The van der Waals surface area contributed by atoms with Crippen LogP contribution in [-0.2, 0) is 9.47 Å². The lowest BCUT2D eigenvalue weighted by Gasteiger charge is -2.39. The molecule has 0 unspecified atom stereocenters. The lowest BCUT2D eigenvalue weighted by molar-refractivity contribution is -0.110. The first kappa shape index (κ1) is 15.1. The molecule has 0 bridgehead atoms. The molecule has 1 heterocycles. The maximum atomic E-state index is 6.12. The largest absolute Gasteiger partial charge is 0.492 e. The third-order valence-electron chi connectivity index (χ3n) is 3.94. The summed E-state index contributed by atoms with van der Waals surface area (Å²) in [6, 6.07) is 8.60. The molecule has 0 amide bonds. The van der Waals surface area contributed by atoms with E-state index in [0.717, 1.165) is 38.0 Å². The highest BCUT2D eigenvalue weighted by molar-refractivity contribution is 5.24. The number of hydrogen-bond acceptors (Lipinski definition) is 2. The second-order valence-corrected chi connectivity index (χ2v) is 6.06. The van der Waals surface area contributed by atoms with E-state index in [2.05, 4.69) is 51.6 Å². The van der Waals surface area contributed by atoms with Gasteiger partial charge in [0, 0.05) is 19.3 Å². The number of allylic oxidation sites excluding steroid dienone is 1. The molecular weight excluding hydrogens is 248 g/mol. The highest BCUT2D eigenvalue weighted by Crippen LogP contribution is 2.38. The second-order valence-electron chi connectivity index (χ2n) is 6.06. The van der Waals surface area contributed by atoms with Gasteiger partial charge in [-0.05, 0) is 25.8 Å². The molecule has 1 fully saturated rings. The normalized spacial score (nSPS) is 26.2. The fourth-order valence-corrected chi connectivity index (χ4v) is 2.74. The lowest BCUT2D eigenvalue weighted by atomic mass is 9.88. The standard InChI is InChI=1S/C18H26O2/c1-5-6-15(3)20-18(4)11-12-19-17(13-18)16-9-7-14(2)8-10-16/h7-10,17H,3,5-6,11-13H2,1-2,4H3/t17-,18+/m0/s1. The van der Waals surface area contributed by atoms with Crippen molar-refractivity contribution in [1.29, 1.82) is 0 Å². The summed E-state index contributed by atoms with van der Waals surface area (Å²) in [6.07, 6.45) is 3.96. The van der Waals surface area contributed by atoms with E-state index in [4.69, 9.17) is 9.47 Å². The quantitative estimate of drug-likeness (QED) is 0.708. The van der Waals surface area contributed by atoms with Crippen LogP contribution in [0.25, 0.3) is 0 Å². The number of aryl methyl sites for hydroxylation is 1. The first-order chi connectivity index (χ1) is 9.52. The van der Waals surface area contributed by atoms with Gasteiger partial charge in [-0.2, -0.15) is 0 Å². The van der Waals surface area contributed by atoms with Gasteiger partial charge in [-0.25, -0.2) is 0 Å². The minimum atomic E-state index is -0.153. The van der Waals surface area contributed by atoms with Crippen molar-refractivity contribution in [2.24, 2.45) is 0 Å². The van der Waals surface area contributed by atoms with Crippen molar-refractivity contribution in [2.45, 2.75) is 58.2 Å². The van der Waals surface area contributed by atoms with Gasteiger partial charge < -0.3 is 9.47 Å². The molecule has 0 radical (unpaired) electrons. The lowest BCUT2D eigenvalue weighted by Crippen LogP contribution is -2.37. The molecule has 1 aromatic carbocycles. The highest BCUT2D eigenvalue weighted by atomic mass is 16.5. The summed E-state index contributed by atoms with van der Waals surface area (Å²) in [5, 5.41) is 0. The molecule has 1 aliphatic rings. The zero-order valence-corrected chi connectivity index (χ0v) is 12.9. The molecule has 0 aliphatic carbocycles. The maximum absolute atomic E-state index is 6.12. The zero-order chi connectivity index (χ0) is 14.6. The first-order valence-corrected chi connectivity index (χ1v) is 7.57. The monoisotopic (exact) mass is 274 g/mol. The third kappa shape index (κ3) is 3.86. The second kappa shape index (κ2) is 6.45. The summed E-state index contributed by atoms with van der Waals surface area (Å²) in [4.78, 5) is 0. The van der Waals surface area contributed by atoms with Crippen molar-refractivity contribution in [3.63, 3.8) is 0 Å². The smallest absolute Gasteiger partial charge is 0.111 e. The van der Waals surface area contributed by atoms with Crippen LogP contribution in [0.5, 0.6) is 0 Å². The Morgan fingerprint density at radius 2 is 2.10 bits per heavy atom. The van der Waals surface area contributed by atoms with Crippen LogP contribution < -0.4 is 0 Å². The van der Waals surface area contributed by atoms with Gasteiger partial charge in [-0.3, -0.25) is 0 Å². The summed E-state index contributed by atoms with van der Waals surface area (Å²) >= 11 is 0. The average Bonchev–Trinajstić information content (AvgIpc) is 2.39. The number of ether oxygens (including phenoxy) is 2. The Labute approximate surface area is 122 Å². The molecule has 0 N–H and O–H groups in total. The Hall–Kier alpha value is -1.28. The van der Waals surface area contributed by atoms with Crippen LogP contribution >= 0.6 is 0 Å². The van der Waals surface area contributed by atoms with Gasteiger partial charge in [0.25, 0.3) is 0 Å².